The molecule has 0 N–H and O–H groups in total. The standard InChI is InChI=1S/C24H23N9/c1-2-8-21(9-3-1)14-24(32-19-25-17-29-32,33-20-26-18-30-33)31(15-22-10-4-6-12-27-22)16-23-11-5-7-13-28-23/h1-13,17-20H,14-16H2. The Morgan fingerprint density at radius 1 is 0.667 bits per heavy atom. The maximum absolute atomic E-state index is 4.59. The lowest BCUT2D eigenvalue weighted by Gasteiger charge is -2.43. The lowest BCUT2D eigenvalue weighted by Crippen LogP contribution is -2.57. The molecular formula is C24H23N9. The van der Waals surface area contributed by atoms with Crippen molar-refractivity contribution in [3.63, 3.8) is 0 Å². The second kappa shape index (κ2) is 9.49. The highest BCUT2D eigenvalue weighted by Crippen LogP contribution is 2.30. The van der Waals surface area contributed by atoms with Crippen LogP contribution >= 0.6 is 0 Å². The number of rotatable bonds is 9. The summed E-state index contributed by atoms with van der Waals surface area (Å²) in [5.74, 6) is -0.886. The highest BCUT2D eigenvalue weighted by Gasteiger charge is 2.43. The molecule has 164 valence electrons. The van der Waals surface area contributed by atoms with Crippen molar-refractivity contribution in [2.45, 2.75) is 25.3 Å². The number of pyridine rings is 2. The number of benzene rings is 1. The van der Waals surface area contributed by atoms with E-state index in [4.69, 9.17) is 0 Å². The van der Waals surface area contributed by atoms with Crippen molar-refractivity contribution in [3.8, 4) is 0 Å². The van der Waals surface area contributed by atoms with Gasteiger partial charge in [-0.2, -0.15) is 10.2 Å². The van der Waals surface area contributed by atoms with Gasteiger partial charge >= 0.3 is 0 Å². The van der Waals surface area contributed by atoms with Crippen LogP contribution in [0.15, 0.2) is 104 Å². The smallest absolute Gasteiger partial charge is 0.218 e. The van der Waals surface area contributed by atoms with Gasteiger partial charge in [-0.3, -0.25) is 9.97 Å². The van der Waals surface area contributed by atoms with Gasteiger partial charge in [0, 0.05) is 31.9 Å². The molecule has 0 aliphatic carbocycles. The Labute approximate surface area is 191 Å². The molecule has 0 amide bonds. The number of nitrogens with zero attached hydrogens (tertiary/aromatic N) is 9. The second-order valence-electron chi connectivity index (χ2n) is 7.62. The molecule has 0 aliphatic rings. The van der Waals surface area contributed by atoms with Gasteiger partial charge < -0.3 is 0 Å². The fourth-order valence-corrected chi connectivity index (χ4v) is 4.01. The fraction of sp³-hybridized carbons (Fsp3) is 0.167. The van der Waals surface area contributed by atoms with Gasteiger partial charge in [0.2, 0.25) is 5.79 Å². The molecule has 5 aromatic rings. The molecule has 0 unspecified atom stereocenters. The van der Waals surface area contributed by atoms with Gasteiger partial charge in [-0.1, -0.05) is 42.5 Å². The first-order valence-electron chi connectivity index (χ1n) is 10.6. The van der Waals surface area contributed by atoms with Crippen molar-refractivity contribution in [2.24, 2.45) is 0 Å². The summed E-state index contributed by atoms with van der Waals surface area (Å²) in [5, 5.41) is 9.16. The van der Waals surface area contributed by atoms with E-state index >= 15 is 0 Å². The van der Waals surface area contributed by atoms with E-state index in [0.29, 0.717) is 19.5 Å². The summed E-state index contributed by atoms with van der Waals surface area (Å²) in [6.45, 7) is 1.06. The second-order valence-corrected chi connectivity index (χ2v) is 7.62. The Hall–Kier alpha value is -4.24. The third-order valence-corrected chi connectivity index (χ3v) is 5.52. The minimum atomic E-state index is -0.886. The summed E-state index contributed by atoms with van der Waals surface area (Å²) in [6, 6.07) is 22.1. The molecule has 0 spiro atoms. The minimum absolute atomic E-state index is 0.532. The lowest BCUT2D eigenvalue weighted by molar-refractivity contribution is -0.0492. The summed E-state index contributed by atoms with van der Waals surface area (Å²) in [4.78, 5) is 20.0. The Bertz CT molecular complexity index is 1150. The zero-order valence-corrected chi connectivity index (χ0v) is 18.0. The van der Waals surface area contributed by atoms with Crippen molar-refractivity contribution < 1.29 is 0 Å². The Morgan fingerprint density at radius 2 is 1.21 bits per heavy atom. The largest absolute Gasteiger partial charge is 0.260 e. The maximum Gasteiger partial charge on any atom is 0.218 e. The average Bonchev–Trinajstić information content (AvgIpc) is 3.60. The maximum atomic E-state index is 4.59. The van der Waals surface area contributed by atoms with Gasteiger partial charge in [0.25, 0.3) is 0 Å². The van der Waals surface area contributed by atoms with Crippen LogP contribution in [0.4, 0.5) is 0 Å². The first-order chi connectivity index (χ1) is 16.3. The van der Waals surface area contributed by atoms with E-state index in [1.54, 1.807) is 25.0 Å². The molecule has 0 atom stereocenters. The van der Waals surface area contributed by atoms with Crippen molar-refractivity contribution in [3.05, 3.63) is 121 Å². The van der Waals surface area contributed by atoms with Crippen LogP contribution < -0.4 is 0 Å². The van der Waals surface area contributed by atoms with Gasteiger partial charge in [-0.05, 0) is 29.8 Å². The zero-order chi connectivity index (χ0) is 22.3. The first-order valence-corrected chi connectivity index (χ1v) is 10.6. The van der Waals surface area contributed by atoms with E-state index in [0.717, 1.165) is 17.0 Å². The van der Waals surface area contributed by atoms with Crippen LogP contribution in [-0.2, 0) is 25.3 Å². The Balaban J connectivity index is 1.69. The molecule has 4 aromatic heterocycles. The average molecular weight is 438 g/mol. The molecule has 0 fully saturated rings. The van der Waals surface area contributed by atoms with E-state index in [2.05, 4.69) is 47.2 Å². The SMILES string of the molecule is c1ccc(CC(N(Cc2ccccn2)Cc2ccccn2)(n2cncn2)n2cncn2)cc1. The topological polar surface area (TPSA) is 90.4 Å². The van der Waals surface area contributed by atoms with Crippen LogP contribution in [0.25, 0.3) is 0 Å². The third-order valence-electron chi connectivity index (χ3n) is 5.52. The molecule has 9 nitrogen and oxygen atoms in total. The summed E-state index contributed by atoms with van der Waals surface area (Å²) in [5.41, 5.74) is 2.97. The summed E-state index contributed by atoms with van der Waals surface area (Å²) >= 11 is 0. The number of aromatic nitrogens is 8. The normalized spacial score (nSPS) is 11.7. The predicted octanol–water partition coefficient (Wildman–Crippen LogP) is 2.76. The molecule has 0 bridgehead atoms. The van der Waals surface area contributed by atoms with Crippen molar-refractivity contribution in [1.29, 1.82) is 0 Å². The molecule has 0 radical (unpaired) electrons. The number of hydrogen-bond acceptors (Lipinski definition) is 7. The number of hydrogen-bond donors (Lipinski definition) is 0. The molecule has 33 heavy (non-hydrogen) atoms. The van der Waals surface area contributed by atoms with Gasteiger partial charge in [0.15, 0.2) is 0 Å². The van der Waals surface area contributed by atoms with E-state index in [9.17, 15) is 0 Å². The Morgan fingerprint density at radius 3 is 1.67 bits per heavy atom. The van der Waals surface area contributed by atoms with Crippen LogP contribution in [0.3, 0.4) is 0 Å². The van der Waals surface area contributed by atoms with Crippen LogP contribution in [0.5, 0.6) is 0 Å². The van der Waals surface area contributed by atoms with Gasteiger partial charge in [-0.25, -0.2) is 24.2 Å². The van der Waals surface area contributed by atoms with Crippen LogP contribution in [0.2, 0.25) is 0 Å². The van der Waals surface area contributed by atoms with Crippen LogP contribution in [0.1, 0.15) is 17.0 Å². The lowest BCUT2D eigenvalue weighted by atomic mass is 10.0. The first kappa shape index (κ1) is 20.7. The summed E-state index contributed by atoms with van der Waals surface area (Å²) in [6.07, 6.45) is 10.7. The Kier molecular flexibility index (Phi) is 5.94. The molecule has 9 heteroatoms. The van der Waals surface area contributed by atoms with E-state index < -0.39 is 5.79 Å². The van der Waals surface area contributed by atoms with E-state index in [-0.39, 0.29) is 0 Å². The quantitative estimate of drug-likeness (QED) is 0.350. The fourth-order valence-electron chi connectivity index (χ4n) is 4.01. The van der Waals surface area contributed by atoms with E-state index in [1.807, 2.05) is 64.0 Å². The zero-order valence-electron chi connectivity index (χ0n) is 18.0. The predicted molar refractivity (Wildman–Crippen MR) is 121 cm³/mol. The van der Waals surface area contributed by atoms with Gasteiger partial charge in [0.1, 0.15) is 25.3 Å². The molecule has 0 aliphatic heterocycles. The van der Waals surface area contributed by atoms with Gasteiger partial charge in [-0.15, -0.1) is 0 Å². The minimum Gasteiger partial charge on any atom is -0.260 e. The van der Waals surface area contributed by atoms with E-state index in [1.165, 1.54) is 12.7 Å². The highest BCUT2D eigenvalue weighted by molar-refractivity contribution is 5.18. The molecule has 5 rings (SSSR count). The third kappa shape index (κ3) is 4.39. The summed E-state index contributed by atoms with van der Waals surface area (Å²) in [7, 11) is 0. The summed E-state index contributed by atoms with van der Waals surface area (Å²) < 4.78 is 3.67. The molecular weight excluding hydrogens is 414 g/mol. The van der Waals surface area contributed by atoms with Gasteiger partial charge in [0.05, 0.1) is 11.4 Å². The molecule has 1 aromatic carbocycles. The van der Waals surface area contributed by atoms with Crippen LogP contribution in [-0.4, -0.2) is 44.4 Å². The van der Waals surface area contributed by atoms with Crippen molar-refractivity contribution in [2.75, 3.05) is 0 Å². The van der Waals surface area contributed by atoms with Crippen molar-refractivity contribution >= 4 is 0 Å². The highest BCUT2D eigenvalue weighted by atomic mass is 15.6. The van der Waals surface area contributed by atoms with Crippen LogP contribution in [0, 0.1) is 0 Å². The molecule has 0 saturated carbocycles. The molecule has 4 heterocycles. The molecule has 0 saturated heterocycles. The van der Waals surface area contributed by atoms with Crippen molar-refractivity contribution in [1.82, 2.24) is 44.4 Å². The monoisotopic (exact) mass is 437 g/mol.